The molecule has 2 nitrogen and oxygen atoms in total. The van der Waals surface area contributed by atoms with Crippen LogP contribution in [-0.4, -0.2) is 35.7 Å². The Hall–Kier alpha value is 0.270. The Balaban J connectivity index is 1.69. The van der Waals surface area contributed by atoms with Crippen LogP contribution in [0.25, 0.3) is 0 Å². The first kappa shape index (κ1) is 8.85. The zero-order valence-electron chi connectivity index (χ0n) is 7.59. The summed E-state index contributed by atoms with van der Waals surface area (Å²) in [4.78, 5) is 0. The molecule has 0 unspecified atom stereocenters. The number of hydrogen-bond donors (Lipinski definition) is 1. The molecule has 0 aromatic heterocycles. The van der Waals surface area contributed by atoms with Gasteiger partial charge in [-0.25, -0.2) is 4.31 Å². The fourth-order valence-corrected chi connectivity index (χ4v) is 3.31. The fourth-order valence-electron chi connectivity index (χ4n) is 1.95. The maximum absolute atomic E-state index is 3.38. The molecule has 1 heterocycles. The van der Waals surface area contributed by atoms with Gasteiger partial charge < -0.3 is 5.32 Å². The summed E-state index contributed by atoms with van der Waals surface area (Å²) in [7, 11) is 0. The molecule has 70 valence electrons. The van der Waals surface area contributed by atoms with Gasteiger partial charge >= 0.3 is 0 Å². The summed E-state index contributed by atoms with van der Waals surface area (Å²) < 4.78 is 2.55. The van der Waals surface area contributed by atoms with Gasteiger partial charge in [-0.15, -0.1) is 0 Å². The monoisotopic (exact) mass is 186 g/mol. The van der Waals surface area contributed by atoms with Crippen LogP contribution in [0.5, 0.6) is 0 Å². The van der Waals surface area contributed by atoms with E-state index in [1.807, 2.05) is 0 Å². The minimum absolute atomic E-state index is 0.947. The quantitative estimate of drug-likeness (QED) is 0.658. The number of nitrogens with zero attached hydrogens (tertiary/aromatic N) is 1. The van der Waals surface area contributed by atoms with Crippen molar-refractivity contribution in [2.24, 2.45) is 0 Å². The summed E-state index contributed by atoms with van der Waals surface area (Å²) in [6.07, 6.45) is 5.83. The number of piperazine rings is 1. The fraction of sp³-hybridized carbons (Fsp3) is 1.00. The van der Waals surface area contributed by atoms with Crippen LogP contribution in [0, 0.1) is 0 Å². The van der Waals surface area contributed by atoms with Gasteiger partial charge in [-0.05, 0) is 12.8 Å². The molecule has 1 saturated carbocycles. The zero-order chi connectivity index (χ0) is 8.23. The Labute approximate surface area is 79.2 Å². The van der Waals surface area contributed by atoms with Crippen LogP contribution in [0.3, 0.4) is 0 Å². The van der Waals surface area contributed by atoms with E-state index in [0.29, 0.717) is 0 Å². The molecule has 0 spiro atoms. The molecule has 0 aromatic rings. The second kappa shape index (κ2) is 4.49. The minimum atomic E-state index is 0.947. The molecule has 0 bridgehead atoms. The smallest absolute Gasteiger partial charge is 0.0215 e. The third kappa shape index (κ3) is 2.38. The second-order valence-electron chi connectivity index (χ2n) is 3.69. The van der Waals surface area contributed by atoms with Crippen LogP contribution in [0.2, 0.25) is 0 Å². The predicted molar refractivity (Wildman–Crippen MR) is 54.3 cm³/mol. The third-order valence-electron chi connectivity index (χ3n) is 2.68. The van der Waals surface area contributed by atoms with Crippen molar-refractivity contribution in [2.75, 3.05) is 26.2 Å². The van der Waals surface area contributed by atoms with E-state index in [4.69, 9.17) is 0 Å². The Morgan fingerprint density at radius 2 is 1.75 bits per heavy atom. The Morgan fingerprint density at radius 1 is 1.08 bits per heavy atom. The largest absolute Gasteiger partial charge is 0.314 e. The average Bonchev–Trinajstić information content (AvgIpc) is 2.59. The van der Waals surface area contributed by atoms with Crippen molar-refractivity contribution in [3.05, 3.63) is 0 Å². The highest BCUT2D eigenvalue weighted by Crippen LogP contribution is 2.31. The van der Waals surface area contributed by atoms with E-state index in [1.165, 1.54) is 51.9 Å². The van der Waals surface area contributed by atoms with E-state index in [2.05, 4.69) is 21.6 Å². The molecule has 2 rings (SSSR count). The molecule has 0 radical (unpaired) electrons. The van der Waals surface area contributed by atoms with Crippen LogP contribution < -0.4 is 5.32 Å². The molecule has 1 N–H and O–H groups in total. The third-order valence-corrected chi connectivity index (χ3v) is 4.11. The number of rotatable bonds is 2. The summed E-state index contributed by atoms with van der Waals surface area (Å²) in [6.45, 7) is 4.84. The lowest BCUT2D eigenvalue weighted by Crippen LogP contribution is -2.40. The van der Waals surface area contributed by atoms with E-state index in [0.717, 1.165) is 5.25 Å². The van der Waals surface area contributed by atoms with Gasteiger partial charge in [0.15, 0.2) is 0 Å². The summed E-state index contributed by atoms with van der Waals surface area (Å²) in [5.41, 5.74) is 0. The van der Waals surface area contributed by atoms with Crippen molar-refractivity contribution in [1.82, 2.24) is 9.62 Å². The van der Waals surface area contributed by atoms with Gasteiger partial charge in [0.1, 0.15) is 0 Å². The Bertz CT molecular complexity index is 128. The normalized spacial score (nSPS) is 28.0. The van der Waals surface area contributed by atoms with Gasteiger partial charge in [-0.3, -0.25) is 0 Å². The number of nitrogens with one attached hydrogen (secondary N) is 1. The lowest BCUT2D eigenvalue weighted by atomic mass is 10.4. The summed E-state index contributed by atoms with van der Waals surface area (Å²) in [5, 5.41) is 4.33. The van der Waals surface area contributed by atoms with E-state index >= 15 is 0 Å². The van der Waals surface area contributed by atoms with Crippen molar-refractivity contribution >= 4 is 11.9 Å². The van der Waals surface area contributed by atoms with Gasteiger partial charge in [-0.1, -0.05) is 24.8 Å². The van der Waals surface area contributed by atoms with Crippen LogP contribution in [0.4, 0.5) is 0 Å². The van der Waals surface area contributed by atoms with Crippen LogP contribution in [0.15, 0.2) is 0 Å². The molecule has 0 aromatic carbocycles. The molecule has 1 saturated heterocycles. The maximum atomic E-state index is 3.38. The highest BCUT2D eigenvalue weighted by atomic mass is 32.2. The van der Waals surface area contributed by atoms with Gasteiger partial charge in [-0.2, -0.15) is 0 Å². The molecule has 0 atom stereocenters. The SMILES string of the molecule is C1CCC(SN2CCNCC2)C1. The molecule has 2 fully saturated rings. The molecule has 12 heavy (non-hydrogen) atoms. The first-order valence-corrected chi connectivity index (χ1v) is 5.91. The molecular formula is C9H18N2S. The summed E-state index contributed by atoms with van der Waals surface area (Å²) >= 11 is 2.12. The lowest BCUT2D eigenvalue weighted by Gasteiger charge is -2.28. The van der Waals surface area contributed by atoms with Crippen molar-refractivity contribution < 1.29 is 0 Å². The molecule has 3 heteroatoms. The highest BCUT2D eigenvalue weighted by Gasteiger charge is 2.20. The lowest BCUT2D eigenvalue weighted by molar-refractivity contribution is 0.394. The highest BCUT2D eigenvalue weighted by molar-refractivity contribution is 7.97. The van der Waals surface area contributed by atoms with Crippen LogP contribution in [-0.2, 0) is 0 Å². The minimum Gasteiger partial charge on any atom is -0.314 e. The van der Waals surface area contributed by atoms with E-state index in [-0.39, 0.29) is 0 Å². The zero-order valence-corrected chi connectivity index (χ0v) is 8.41. The van der Waals surface area contributed by atoms with Gasteiger partial charge in [0.05, 0.1) is 0 Å². The van der Waals surface area contributed by atoms with Gasteiger partial charge in [0.2, 0.25) is 0 Å². The van der Waals surface area contributed by atoms with Crippen molar-refractivity contribution in [1.29, 1.82) is 0 Å². The van der Waals surface area contributed by atoms with Crippen molar-refractivity contribution in [3.63, 3.8) is 0 Å². The maximum Gasteiger partial charge on any atom is 0.0215 e. The van der Waals surface area contributed by atoms with Gasteiger partial charge in [0, 0.05) is 31.4 Å². The van der Waals surface area contributed by atoms with Crippen molar-refractivity contribution in [2.45, 2.75) is 30.9 Å². The predicted octanol–water partition coefficient (Wildman–Crippen LogP) is 1.48. The Kier molecular flexibility index (Phi) is 3.31. The van der Waals surface area contributed by atoms with Crippen LogP contribution >= 0.6 is 11.9 Å². The van der Waals surface area contributed by atoms with Gasteiger partial charge in [0.25, 0.3) is 0 Å². The van der Waals surface area contributed by atoms with Crippen molar-refractivity contribution in [3.8, 4) is 0 Å². The standard InChI is InChI=1S/C9H18N2S/c1-2-4-9(3-1)12-11-7-5-10-6-8-11/h9-10H,1-8H2. The molecule has 1 aliphatic heterocycles. The Morgan fingerprint density at radius 3 is 2.42 bits per heavy atom. The molecule has 2 aliphatic rings. The molecular weight excluding hydrogens is 168 g/mol. The van der Waals surface area contributed by atoms with E-state index < -0.39 is 0 Å². The second-order valence-corrected chi connectivity index (χ2v) is 5.08. The molecule has 1 aliphatic carbocycles. The topological polar surface area (TPSA) is 15.3 Å². The first-order chi connectivity index (χ1) is 5.95. The van der Waals surface area contributed by atoms with E-state index in [9.17, 15) is 0 Å². The first-order valence-electron chi connectivity index (χ1n) is 5.07. The number of hydrogen-bond acceptors (Lipinski definition) is 3. The van der Waals surface area contributed by atoms with Crippen LogP contribution in [0.1, 0.15) is 25.7 Å². The average molecular weight is 186 g/mol. The summed E-state index contributed by atoms with van der Waals surface area (Å²) in [6, 6.07) is 0. The molecule has 0 amide bonds. The van der Waals surface area contributed by atoms with E-state index in [1.54, 1.807) is 0 Å². The summed E-state index contributed by atoms with van der Waals surface area (Å²) in [5.74, 6) is 0.